The van der Waals surface area contributed by atoms with E-state index in [4.69, 9.17) is 16.0 Å². The number of alkyl halides is 3. The lowest BCUT2D eigenvalue weighted by molar-refractivity contribution is -0.137. The van der Waals surface area contributed by atoms with Gasteiger partial charge in [0.15, 0.2) is 5.17 Å². The second kappa shape index (κ2) is 8.04. The number of para-hydroxylation sites is 1. The molecule has 1 fully saturated rings. The average molecular weight is 449 g/mol. The molecule has 1 N–H and O–H groups in total. The van der Waals surface area contributed by atoms with Gasteiger partial charge in [0.05, 0.1) is 21.2 Å². The number of nitrogens with zero attached hydrogens (tertiary/aromatic N) is 1. The summed E-state index contributed by atoms with van der Waals surface area (Å²) in [6.45, 7) is 0. The van der Waals surface area contributed by atoms with E-state index >= 15 is 0 Å². The molecule has 2 aromatic carbocycles. The normalized spacial score (nSPS) is 17.0. The van der Waals surface area contributed by atoms with Crippen molar-refractivity contribution in [1.82, 2.24) is 5.32 Å². The van der Waals surface area contributed by atoms with Gasteiger partial charge in [0.25, 0.3) is 5.91 Å². The van der Waals surface area contributed by atoms with Gasteiger partial charge in [0.1, 0.15) is 11.5 Å². The molecular weight excluding hydrogens is 437 g/mol. The van der Waals surface area contributed by atoms with E-state index in [1.165, 1.54) is 18.2 Å². The van der Waals surface area contributed by atoms with Gasteiger partial charge in [-0.05, 0) is 48.2 Å². The number of furan rings is 1. The number of nitrogens with one attached hydrogen (secondary N) is 1. The first-order valence-electron chi connectivity index (χ1n) is 8.61. The molecule has 0 spiro atoms. The van der Waals surface area contributed by atoms with Crippen molar-refractivity contribution in [1.29, 1.82) is 0 Å². The Morgan fingerprint density at radius 1 is 1.07 bits per heavy atom. The van der Waals surface area contributed by atoms with Crippen LogP contribution in [0.15, 0.2) is 75.0 Å². The molecule has 4 nitrogen and oxygen atoms in total. The summed E-state index contributed by atoms with van der Waals surface area (Å²) < 4.78 is 44.4. The summed E-state index contributed by atoms with van der Waals surface area (Å²) in [4.78, 5) is 16.9. The number of amidine groups is 1. The van der Waals surface area contributed by atoms with Crippen LogP contribution in [-0.4, -0.2) is 11.1 Å². The number of carbonyl (C=O) groups excluding carboxylic acids is 1. The Bertz CT molecular complexity index is 1180. The molecule has 1 amide bonds. The molecule has 1 saturated heterocycles. The Labute approximate surface area is 178 Å². The molecule has 0 saturated carbocycles. The average Bonchev–Trinajstić information content (AvgIpc) is 3.30. The zero-order chi connectivity index (χ0) is 21.3. The SMILES string of the molecule is O=C1NC(=Nc2ccccc2Cl)S/C1=C/c1ccc(-c2cccc(C(F)(F)F)c2)o1. The topological polar surface area (TPSA) is 54.6 Å². The highest BCUT2D eigenvalue weighted by molar-refractivity contribution is 8.18. The molecule has 4 rings (SSSR count). The van der Waals surface area contributed by atoms with Gasteiger partial charge in [0.2, 0.25) is 0 Å². The van der Waals surface area contributed by atoms with Gasteiger partial charge in [-0.2, -0.15) is 13.2 Å². The van der Waals surface area contributed by atoms with Gasteiger partial charge < -0.3 is 9.73 Å². The number of benzene rings is 2. The van der Waals surface area contributed by atoms with Gasteiger partial charge in [0, 0.05) is 11.6 Å². The van der Waals surface area contributed by atoms with Crippen LogP contribution in [0.5, 0.6) is 0 Å². The van der Waals surface area contributed by atoms with Crippen molar-refractivity contribution in [3.05, 3.63) is 81.9 Å². The van der Waals surface area contributed by atoms with Crippen molar-refractivity contribution in [3.8, 4) is 11.3 Å². The lowest BCUT2D eigenvalue weighted by atomic mass is 10.1. The van der Waals surface area contributed by atoms with Crippen LogP contribution in [0.25, 0.3) is 17.4 Å². The monoisotopic (exact) mass is 448 g/mol. The number of rotatable bonds is 3. The number of hydrogen-bond acceptors (Lipinski definition) is 4. The molecule has 0 radical (unpaired) electrons. The molecule has 1 aromatic heterocycles. The Morgan fingerprint density at radius 2 is 1.87 bits per heavy atom. The van der Waals surface area contributed by atoms with Gasteiger partial charge in [-0.15, -0.1) is 0 Å². The molecule has 3 aromatic rings. The Hall–Kier alpha value is -2.97. The minimum atomic E-state index is -4.44. The first kappa shape index (κ1) is 20.3. The van der Waals surface area contributed by atoms with Crippen molar-refractivity contribution in [2.45, 2.75) is 6.18 Å². The van der Waals surface area contributed by atoms with Crippen molar-refractivity contribution < 1.29 is 22.4 Å². The fourth-order valence-corrected chi connectivity index (χ4v) is 3.69. The third-order valence-corrected chi connectivity index (χ3v) is 5.33. The predicted octanol–water partition coefficient (Wildman–Crippen LogP) is 6.51. The maximum absolute atomic E-state index is 12.9. The van der Waals surface area contributed by atoms with Crippen LogP contribution in [-0.2, 0) is 11.0 Å². The van der Waals surface area contributed by atoms with Crippen LogP contribution < -0.4 is 5.32 Å². The van der Waals surface area contributed by atoms with E-state index in [1.54, 1.807) is 36.4 Å². The van der Waals surface area contributed by atoms with Crippen molar-refractivity contribution in [2.75, 3.05) is 0 Å². The summed E-state index contributed by atoms with van der Waals surface area (Å²) in [6, 6.07) is 15.0. The lowest BCUT2D eigenvalue weighted by Gasteiger charge is -2.07. The van der Waals surface area contributed by atoms with E-state index < -0.39 is 11.7 Å². The highest BCUT2D eigenvalue weighted by Crippen LogP contribution is 2.34. The van der Waals surface area contributed by atoms with Crippen LogP contribution >= 0.6 is 23.4 Å². The number of aliphatic imine (C=N–C) groups is 1. The first-order valence-corrected chi connectivity index (χ1v) is 9.80. The minimum absolute atomic E-state index is 0.265. The van der Waals surface area contributed by atoms with Crippen LogP contribution in [0.2, 0.25) is 5.02 Å². The summed E-state index contributed by atoms with van der Waals surface area (Å²) in [5.41, 5.74) is 0.0504. The molecule has 0 bridgehead atoms. The molecule has 9 heteroatoms. The third kappa shape index (κ3) is 4.44. The van der Waals surface area contributed by atoms with Gasteiger partial charge in [-0.1, -0.05) is 35.9 Å². The molecule has 0 aliphatic carbocycles. The number of hydrogen-bond donors (Lipinski definition) is 1. The Balaban J connectivity index is 1.56. The fraction of sp³-hybridized carbons (Fsp3) is 0.0476. The highest BCUT2D eigenvalue weighted by atomic mass is 35.5. The number of halogens is 4. The molecule has 1 aliphatic heterocycles. The van der Waals surface area contributed by atoms with Crippen molar-refractivity contribution in [3.63, 3.8) is 0 Å². The predicted molar refractivity (Wildman–Crippen MR) is 111 cm³/mol. The van der Waals surface area contributed by atoms with Crippen LogP contribution in [0, 0.1) is 0 Å². The van der Waals surface area contributed by atoms with E-state index in [1.807, 2.05) is 0 Å². The summed E-state index contributed by atoms with van der Waals surface area (Å²) >= 11 is 7.19. The maximum atomic E-state index is 12.9. The largest absolute Gasteiger partial charge is 0.457 e. The minimum Gasteiger partial charge on any atom is -0.457 e. The molecular formula is C21H12ClF3N2O2S. The quantitative estimate of drug-likeness (QED) is 0.465. The van der Waals surface area contributed by atoms with Crippen LogP contribution in [0.3, 0.4) is 0 Å². The second-order valence-corrected chi connectivity index (χ2v) is 7.65. The van der Waals surface area contributed by atoms with Crippen LogP contribution in [0.1, 0.15) is 11.3 Å². The Kier molecular flexibility index (Phi) is 5.44. The van der Waals surface area contributed by atoms with E-state index in [0.717, 1.165) is 23.9 Å². The van der Waals surface area contributed by atoms with E-state index in [-0.39, 0.29) is 11.7 Å². The van der Waals surface area contributed by atoms with E-state index in [2.05, 4.69) is 10.3 Å². The standard InChI is InChI=1S/C21H12ClF3N2O2S/c22-15-6-1-2-7-16(15)26-20-27-19(28)18(30-20)11-14-8-9-17(29-14)12-4-3-5-13(10-12)21(23,24)25/h1-11H,(H,26,27,28)/b18-11+. The molecule has 0 unspecified atom stereocenters. The van der Waals surface area contributed by atoms with Crippen molar-refractivity contribution in [2.24, 2.45) is 4.99 Å². The van der Waals surface area contributed by atoms with Crippen LogP contribution in [0.4, 0.5) is 18.9 Å². The van der Waals surface area contributed by atoms with Gasteiger partial charge >= 0.3 is 6.18 Å². The van der Waals surface area contributed by atoms with E-state index in [9.17, 15) is 18.0 Å². The molecule has 0 atom stereocenters. The zero-order valence-corrected chi connectivity index (χ0v) is 16.6. The lowest BCUT2D eigenvalue weighted by Crippen LogP contribution is -2.19. The van der Waals surface area contributed by atoms with Gasteiger partial charge in [-0.25, -0.2) is 4.99 Å². The summed E-state index contributed by atoms with van der Waals surface area (Å²) in [6.07, 6.45) is -2.93. The van der Waals surface area contributed by atoms with E-state index in [0.29, 0.717) is 32.1 Å². The summed E-state index contributed by atoms with van der Waals surface area (Å²) in [5.74, 6) is 0.239. The molecule has 1 aliphatic rings. The molecule has 30 heavy (non-hydrogen) atoms. The molecule has 2 heterocycles. The maximum Gasteiger partial charge on any atom is 0.416 e. The van der Waals surface area contributed by atoms with Crippen molar-refractivity contribution >= 4 is 46.2 Å². The summed E-state index contributed by atoms with van der Waals surface area (Å²) in [5, 5.41) is 3.46. The molecule has 152 valence electrons. The summed E-state index contributed by atoms with van der Waals surface area (Å²) in [7, 11) is 0. The zero-order valence-electron chi connectivity index (χ0n) is 15.0. The number of carbonyl (C=O) groups is 1. The smallest absolute Gasteiger partial charge is 0.416 e. The Morgan fingerprint density at radius 3 is 2.63 bits per heavy atom. The highest BCUT2D eigenvalue weighted by Gasteiger charge is 2.30. The fourth-order valence-electron chi connectivity index (χ4n) is 2.70. The second-order valence-electron chi connectivity index (χ2n) is 6.21. The number of thioether (sulfide) groups is 1. The van der Waals surface area contributed by atoms with Gasteiger partial charge in [-0.3, -0.25) is 4.79 Å². The third-order valence-electron chi connectivity index (χ3n) is 4.10. The first-order chi connectivity index (χ1) is 14.3. The number of amides is 1.